The Morgan fingerprint density at radius 1 is 1.33 bits per heavy atom. The molecule has 1 aliphatic heterocycles. The molecule has 1 fully saturated rings. The number of hydrogen-bond donors (Lipinski definition) is 1. The average molecular weight is 233 g/mol. The van der Waals surface area contributed by atoms with Gasteiger partial charge in [-0.05, 0) is 33.6 Å². The normalized spacial score (nSPS) is 21.5. The van der Waals surface area contributed by atoms with Gasteiger partial charge in [-0.1, -0.05) is 0 Å². The molecule has 90 valence electrons. The van der Waals surface area contributed by atoms with Crippen molar-refractivity contribution in [2.45, 2.75) is 44.4 Å². The first kappa shape index (κ1) is 13.1. The van der Waals surface area contributed by atoms with E-state index in [2.05, 4.69) is 5.32 Å². The second-order valence-corrected chi connectivity index (χ2v) is 7.33. The molecule has 0 aliphatic carbocycles. The molecule has 0 aromatic rings. The summed E-state index contributed by atoms with van der Waals surface area (Å²) in [5, 5.41) is 3.45. The summed E-state index contributed by atoms with van der Waals surface area (Å²) in [4.78, 5) is 0. The molecular weight excluding hydrogens is 210 g/mol. The summed E-state index contributed by atoms with van der Waals surface area (Å²) in [7, 11) is -0.735. The lowest BCUT2D eigenvalue weighted by atomic mass is 10.1. The molecule has 1 heterocycles. The fourth-order valence-electron chi connectivity index (χ4n) is 1.56. The highest BCUT2D eigenvalue weighted by molar-refractivity contribution is 7.86. The fraction of sp³-hybridized carbons (Fsp3) is 1.00. The standard InChI is InChI=1S/C11H23NO2S/c1-11(2,3)15(13)9-6-12-10-4-7-14-8-5-10/h10,12H,4-9H2,1-3H3. The molecule has 0 spiro atoms. The third-order valence-corrected chi connectivity index (χ3v) is 4.57. The van der Waals surface area contributed by atoms with E-state index in [1.165, 1.54) is 0 Å². The predicted molar refractivity (Wildman–Crippen MR) is 64.6 cm³/mol. The first-order valence-electron chi connectivity index (χ1n) is 5.70. The number of ether oxygens (including phenoxy) is 1. The van der Waals surface area contributed by atoms with Crippen LogP contribution in [0, 0.1) is 0 Å². The summed E-state index contributed by atoms with van der Waals surface area (Å²) >= 11 is 0. The van der Waals surface area contributed by atoms with Crippen molar-refractivity contribution in [3.05, 3.63) is 0 Å². The Balaban J connectivity index is 2.12. The summed E-state index contributed by atoms with van der Waals surface area (Å²) in [5.74, 6) is 0.751. The van der Waals surface area contributed by atoms with Crippen LogP contribution >= 0.6 is 0 Å². The van der Waals surface area contributed by atoms with Crippen molar-refractivity contribution < 1.29 is 8.95 Å². The first-order valence-corrected chi connectivity index (χ1v) is 7.01. The lowest BCUT2D eigenvalue weighted by Gasteiger charge is -2.24. The van der Waals surface area contributed by atoms with Gasteiger partial charge in [0.2, 0.25) is 0 Å². The quantitative estimate of drug-likeness (QED) is 0.795. The Kier molecular flexibility index (Phi) is 5.23. The second-order valence-electron chi connectivity index (χ2n) is 5.00. The van der Waals surface area contributed by atoms with E-state index in [0.717, 1.165) is 38.4 Å². The van der Waals surface area contributed by atoms with Crippen LogP contribution in [0.3, 0.4) is 0 Å². The lowest BCUT2D eigenvalue weighted by molar-refractivity contribution is 0.0786. The van der Waals surface area contributed by atoms with Crippen LogP contribution in [0.4, 0.5) is 0 Å². The third-order valence-electron chi connectivity index (χ3n) is 2.62. The van der Waals surface area contributed by atoms with Gasteiger partial charge in [0, 0.05) is 47.1 Å². The van der Waals surface area contributed by atoms with Crippen molar-refractivity contribution in [2.75, 3.05) is 25.5 Å². The summed E-state index contributed by atoms with van der Waals surface area (Å²) in [6, 6.07) is 0.565. The molecule has 1 N–H and O–H groups in total. The molecule has 1 atom stereocenters. The zero-order valence-corrected chi connectivity index (χ0v) is 10.9. The van der Waals surface area contributed by atoms with Crippen LogP contribution in [-0.2, 0) is 15.5 Å². The molecule has 1 saturated heterocycles. The highest BCUT2D eigenvalue weighted by Crippen LogP contribution is 2.11. The van der Waals surface area contributed by atoms with Crippen LogP contribution in [0.5, 0.6) is 0 Å². The van der Waals surface area contributed by atoms with E-state index in [-0.39, 0.29) is 4.75 Å². The van der Waals surface area contributed by atoms with Crippen molar-refractivity contribution in [2.24, 2.45) is 0 Å². The molecular formula is C11H23NO2S. The van der Waals surface area contributed by atoms with Crippen molar-refractivity contribution >= 4 is 10.8 Å². The highest BCUT2D eigenvalue weighted by Gasteiger charge is 2.19. The van der Waals surface area contributed by atoms with Crippen LogP contribution in [0.2, 0.25) is 0 Å². The second kappa shape index (κ2) is 5.97. The summed E-state index contributed by atoms with van der Waals surface area (Å²) < 4.78 is 16.9. The van der Waals surface area contributed by atoms with Crippen LogP contribution in [0.1, 0.15) is 33.6 Å². The van der Waals surface area contributed by atoms with Crippen molar-refractivity contribution in [1.29, 1.82) is 0 Å². The van der Waals surface area contributed by atoms with E-state index in [9.17, 15) is 4.21 Å². The maximum absolute atomic E-state index is 11.8. The lowest BCUT2D eigenvalue weighted by Crippen LogP contribution is -2.38. The van der Waals surface area contributed by atoms with E-state index >= 15 is 0 Å². The molecule has 0 saturated carbocycles. The molecule has 0 bridgehead atoms. The van der Waals surface area contributed by atoms with Gasteiger partial charge in [-0.3, -0.25) is 4.21 Å². The smallest absolute Gasteiger partial charge is 0.0480 e. The molecule has 0 aromatic carbocycles. The molecule has 1 rings (SSSR count). The molecule has 1 unspecified atom stereocenters. The summed E-state index contributed by atoms with van der Waals surface area (Å²) in [5.41, 5.74) is 0. The number of nitrogens with one attached hydrogen (secondary N) is 1. The minimum absolute atomic E-state index is 0.0860. The maximum atomic E-state index is 11.8. The van der Waals surface area contributed by atoms with Gasteiger partial charge in [0.05, 0.1) is 0 Å². The molecule has 15 heavy (non-hydrogen) atoms. The first-order chi connectivity index (χ1) is 7.00. The van der Waals surface area contributed by atoms with E-state index < -0.39 is 10.8 Å². The van der Waals surface area contributed by atoms with Gasteiger partial charge in [0.15, 0.2) is 0 Å². The predicted octanol–water partition coefficient (Wildman–Crippen LogP) is 1.30. The molecule has 0 radical (unpaired) electrons. The molecule has 1 aliphatic rings. The third kappa shape index (κ3) is 5.09. The van der Waals surface area contributed by atoms with Gasteiger partial charge in [-0.15, -0.1) is 0 Å². The zero-order valence-electron chi connectivity index (χ0n) is 10.0. The Labute approximate surface area is 95.4 Å². The fourth-order valence-corrected chi connectivity index (χ4v) is 2.48. The SMILES string of the molecule is CC(C)(C)S(=O)CCNC1CCOCC1. The Bertz CT molecular complexity index is 207. The van der Waals surface area contributed by atoms with E-state index in [1.54, 1.807) is 0 Å². The van der Waals surface area contributed by atoms with Gasteiger partial charge in [0.25, 0.3) is 0 Å². The van der Waals surface area contributed by atoms with E-state index in [0.29, 0.717) is 6.04 Å². The molecule has 4 heteroatoms. The van der Waals surface area contributed by atoms with Gasteiger partial charge in [-0.25, -0.2) is 0 Å². The zero-order chi connectivity index (χ0) is 11.3. The summed E-state index contributed by atoms with van der Waals surface area (Å²) in [6.07, 6.45) is 2.17. The van der Waals surface area contributed by atoms with Gasteiger partial charge in [0.1, 0.15) is 0 Å². The van der Waals surface area contributed by atoms with Crippen LogP contribution in [0.15, 0.2) is 0 Å². The molecule has 0 aromatic heterocycles. The largest absolute Gasteiger partial charge is 0.381 e. The molecule has 3 nitrogen and oxygen atoms in total. The average Bonchev–Trinajstić information content (AvgIpc) is 2.18. The van der Waals surface area contributed by atoms with Crippen LogP contribution < -0.4 is 5.32 Å². The monoisotopic (exact) mass is 233 g/mol. The van der Waals surface area contributed by atoms with Crippen LogP contribution in [-0.4, -0.2) is 40.5 Å². The van der Waals surface area contributed by atoms with Crippen molar-refractivity contribution in [1.82, 2.24) is 5.32 Å². The van der Waals surface area contributed by atoms with Gasteiger partial charge >= 0.3 is 0 Å². The van der Waals surface area contributed by atoms with E-state index in [1.807, 2.05) is 20.8 Å². The van der Waals surface area contributed by atoms with Gasteiger partial charge < -0.3 is 10.1 Å². The van der Waals surface area contributed by atoms with Crippen molar-refractivity contribution in [3.63, 3.8) is 0 Å². The maximum Gasteiger partial charge on any atom is 0.0480 e. The minimum atomic E-state index is -0.735. The van der Waals surface area contributed by atoms with E-state index in [4.69, 9.17) is 4.74 Å². The van der Waals surface area contributed by atoms with Crippen molar-refractivity contribution in [3.8, 4) is 0 Å². The van der Waals surface area contributed by atoms with Gasteiger partial charge in [-0.2, -0.15) is 0 Å². The number of rotatable bonds is 4. The summed E-state index contributed by atoms with van der Waals surface area (Å²) in [6.45, 7) is 8.65. The Morgan fingerprint density at radius 2 is 1.93 bits per heavy atom. The highest BCUT2D eigenvalue weighted by atomic mass is 32.2. The molecule has 0 amide bonds. The Morgan fingerprint density at radius 3 is 2.47 bits per heavy atom. The minimum Gasteiger partial charge on any atom is -0.381 e. The Hall–Kier alpha value is 0.0700. The van der Waals surface area contributed by atoms with Crippen LogP contribution in [0.25, 0.3) is 0 Å². The number of hydrogen-bond acceptors (Lipinski definition) is 3. The topological polar surface area (TPSA) is 38.3 Å².